The van der Waals surface area contributed by atoms with E-state index in [0.717, 1.165) is 18.2 Å². The van der Waals surface area contributed by atoms with Crippen LogP contribution >= 0.6 is 0 Å². The second-order valence-electron chi connectivity index (χ2n) is 5.58. The lowest BCUT2D eigenvalue weighted by Gasteiger charge is -2.22. The summed E-state index contributed by atoms with van der Waals surface area (Å²) in [6, 6.07) is 4.86. The summed E-state index contributed by atoms with van der Waals surface area (Å²) < 4.78 is 26.6. The van der Waals surface area contributed by atoms with Crippen molar-refractivity contribution in [1.82, 2.24) is 4.72 Å². The van der Waals surface area contributed by atoms with E-state index >= 15 is 0 Å². The number of rotatable bonds is 6. The van der Waals surface area contributed by atoms with Crippen LogP contribution in [0.15, 0.2) is 23.1 Å². The van der Waals surface area contributed by atoms with E-state index in [1.165, 1.54) is 6.42 Å². The van der Waals surface area contributed by atoms with Crippen molar-refractivity contribution in [3.05, 3.63) is 18.2 Å². The van der Waals surface area contributed by atoms with Crippen LogP contribution in [0.2, 0.25) is 0 Å². The molecule has 6 heteroatoms. The van der Waals surface area contributed by atoms with Crippen molar-refractivity contribution in [2.24, 2.45) is 11.8 Å². The van der Waals surface area contributed by atoms with Crippen molar-refractivity contribution < 1.29 is 8.42 Å². The third-order valence-electron chi connectivity index (χ3n) is 3.84. The number of hydrogen-bond donors (Lipinski definition) is 2. The van der Waals surface area contributed by atoms with Gasteiger partial charge in [0.1, 0.15) is 0 Å². The molecule has 1 aromatic carbocycles. The maximum absolute atomic E-state index is 12.0. The average Bonchev–Trinajstić information content (AvgIpc) is 3.04. The number of nitrogens with two attached hydrogens (primary N) is 1. The fourth-order valence-electron chi connectivity index (χ4n) is 2.40. The first-order valence-corrected chi connectivity index (χ1v) is 8.43. The van der Waals surface area contributed by atoms with Gasteiger partial charge in [-0.3, -0.25) is 0 Å². The van der Waals surface area contributed by atoms with Gasteiger partial charge < -0.3 is 10.6 Å². The molecule has 2 rings (SSSR count). The summed E-state index contributed by atoms with van der Waals surface area (Å²) in [6.45, 7) is 5.28. The number of nitrogens with zero attached hydrogens (tertiary/aromatic N) is 1. The van der Waals surface area contributed by atoms with E-state index in [-0.39, 0.29) is 4.90 Å². The predicted octanol–water partition coefficient (Wildman–Crippen LogP) is 1.66. The Balaban J connectivity index is 2.24. The first-order valence-electron chi connectivity index (χ1n) is 6.95. The van der Waals surface area contributed by atoms with Gasteiger partial charge in [-0.15, -0.1) is 0 Å². The van der Waals surface area contributed by atoms with E-state index in [4.69, 9.17) is 5.73 Å². The Kier molecular flexibility index (Phi) is 4.25. The SMILES string of the molecule is CCNS(=O)(=O)c1ccc(N)c(N(C)CC2CC2C)c1. The van der Waals surface area contributed by atoms with Gasteiger partial charge in [-0.2, -0.15) is 0 Å². The molecule has 0 radical (unpaired) electrons. The summed E-state index contributed by atoms with van der Waals surface area (Å²) in [5, 5.41) is 0. The highest BCUT2D eigenvalue weighted by Crippen LogP contribution is 2.39. The zero-order chi connectivity index (χ0) is 14.9. The first kappa shape index (κ1) is 15.1. The molecule has 0 aliphatic heterocycles. The number of benzene rings is 1. The zero-order valence-electron chi connectivity index (χ0n) is 12.3. The highest BCUT2D eigenvalue weighted by molar-refractivity contribution is 7.89. The molecular formula is C14H23N3O2S. The number of nitrogens with one attached hydrogen (secondary N) is 1. The van der Waals surface area contributed by atoms with Crippen molar-refractivity contribution in [2.45, 2.75) is 25.2 Å². The summed E-state index contributed by atoms with van der Waals surface area (Å²) in [4.78, 5) is 2.31. The van der Waals surface area contributed by atoms with Crippen molar-refractivity contribution in [3.63, 3.8) is 0 Å². The van der Waals surface area contributed by atoms with E-state index in [0.29, 0.717) is 18.2 Å². The van der Waals surface area contributed by atoms with E-state index in [1.54, 1.807) is 25.1 Å². The van der Waals surface area contributed by atoms with Gasteiger partial charge >= 0.3 is 0 Å². The number of sulfonamides is 1. The lowest BCUT2D eigenvalue weighted by atomic mass is 10.2. The Morgan fingerprint density at radius 3 is 2.65 bits per heavy atom. The van der Waals surface area contributed by atoms with Gasteiger partial charge in [-0.1, -0.05) is 13.8 Å². The van der Waals surface area contributed by atoms with E-state index in [2.05, 4.69) is 16.5 Å². The van der Waals surface area contributed by atoms with Crippen LogP contribution < -0.4 is 15.4 Å². The minimum atomic E-state index is -3.44. The van der Waals surface area contributed by atoms with Crippen molar-refractivity contribution >= 4 is 21.4 Å². The van der Waals surface area contributed by atoms with Crippen molar-refractivity contribution in [1.29, 1.82) is 0 Å². The van der Waals surface area contributed by atoms with Gasteiger partial charge in [0.05, 0.1) is 16.3 Å². The summed E-state index contributed by atoms with van der Waals surface area (Å²) in [5.74, 6) is 1.45. The molecule has 0 aromatic heterocycles. The maximum atomic E-state index is 12.0. The van der Waals surface area contributed by atoms with Crippen LogP contribution in [0.4, 0.5) is 11.4 Å². The van der Waals surface area contributed by atoms with Crippen LogP contribution in [-0.2, 0) is 10.0 Å². The Labute approximate surface area is 121 Å². The van der Waals surface area contributed by atoms with Crippen LogP contribution in [-0.4, -0.2) is 28.6 Å². The van der Waals surface area contributed by atoms with Crippen molar-refractivity contribution in [2.75, 3.05) is 30.8 Å². The molecule has 112 valence electrons. The van der Waals surface area contributed by atoms with Crippen LogP contribution in [0.1, 0.15) is 20.3 Å². The summed E-state index contributed by atoms with van der Waals surface area (Å²) in [7, 11) is -1.48. The molecule has 1 aliphatic rings. The van der Waals surface area contributed by atoms with Gasteiger partial charge in [0.15, 0.2) is 0 Å². The monoisotopic (exact) mass is 297 g/mol. The molecule has 1 aromatic rings. The van der Waals surface area contributed by atoms with Gasteiger partial charge in [-0.25, -0.2) is 13.1 Å². The number of nitrogen functional groups attached to an aromatic ring is 1. The first-order chi connectivity index (χ1) is 9.35. The molecule has 5 nitrogen and oxygen atoms in total. The zero-order valence-corrected chi connectivity index (χ0v) is 13.1. The fourth-order valence-corrected chi connectivity index (χ4v) is 3.46. The van der Waals surface area contributed by atoms with Crippen LogP contribution in [0, 0.1) is 11.8 Å². The average molecular weight is 297 g/mol. The molecule has 1 aliphatic carbocycles. The van der Waals surface area contributed by atoms with E-state index in [1.807, 2.05) is 7.05 Å². The van der Waals surface area contributed by atoms with Crippen LogP contribution in [0.3, 0.4) is 0 Å². The topological polar surface area (TPSA) is 75.4 Å². The fraction of sp³-hybridized carbons (Fsp3) is 0.571. The molecule has 2 atom stereocenters. The standard InChI is InChI=1S/C14H23N3O2S/c1-4-16-20(18,19)12-5-6-13(15)14(8-12)17(3)9-11-7-10(11)2/h5-6,8,10-11,16H,4,7,9,15H2,1-3H3. The third-order valence-corrected chi connectivity index (χ3v) is 5.39. The highest BCUT2D eigenvalue weighted by atomic mass is 32.2. The molecule has 0 spiro atoms. The van der Waals surface area contributed by atoms with E-state index < -0.39 is 10.0 Å². The Bertz CT molecular complexity index is 586. The van der Waals surface area contributed by atoms with Crippen LogP contribution in [0.25, 0.3) is 0 Å². The molecule has 0 bridgehead atoms. The normalized spacial score (nSPS) is 21.8. The van der Waals surface area contributed by atoms with E-state index in [9.17, 15) is 8.42 Å². The van der Waals surface area contributed by atoms with Crippen LogP contribution in [0.5, 0.6) is 0 Å². The largest absolute Gasteiger partial charge is 0.397 e. The molecular weight excluding hydrogens is 274 g/mol. The Morgan fingerprint density at radius 2 is 2.10 bits per heavy atom. The van der Waals surface area contributed by atoms with Gasteiger partial charge in [-0.05, 0) is 36.5 Å². The third kappa shape index (κ3) is 3.24. The second kappa shape index (κ2) is 5.61. The molecule has 1 fully saturated rings. The molecule has 2 unspecified atom stereocenters. The van der Waals surface area contributed by atoms with Gasteiger partial charge in [0, 0.05) is 20.1 Å². The Morgan fingerprint density at radius 1 is 1.45 bits per heavy atom. The molecule has 0 saturated heterocycles. The lowest BCUT2D eigenvalue weighted by molar-refractivity contribution is 0.584. The van der Waals surface area contributed by atoms with Gasteiger partial charge in [0.2, 0.25) is 10.0 Å². The summed E-state index contributed by atoms with van der Waals surface area (Å²) in [6.07, 6.45) is 1.24. The maximum Gasteiger partial charge on any atom is 0.240 e. The molecule has 0 heterocycles. The highest BCUT2D eigenvalue weighted by Gasteiger charge is 2.33. The number of hydrogen-bond acceptors (Lipinski definition) is 4. The summed E-state index contributed by atoms with van der Waals surface area (Å²) in [5.41, 5.74) is 7.37. The van der Waals surface area contributed by atoms with Gasteiger partial charge in [0.25, 0.3) is 0 Å². The lowest BCUT2D eigenvalue weighted by Crippen LogP contribution is -2.25. The minimum absolute atomic E-state index is 0.263. The summed E-state index contributed by atoms with van der Waals surface area (Å²) >= 11 is 0. The molecule has 20 heavy (non-hydrogen) atoms. The second-order valence-corrected chi connectivity index (χ2v) is 7.34. The molecule has 1 saturated carbocycles. The quantitative estimate of drug-likeness (QED) is 0.783. The Hall–Kier alpha value is -1.27. The molecule has 0 amide bonds. The number of anilines is 2. The molecule has 3 N–H and O–H groups in total. The van der Waals surface area contributed by atoms with Crippen molar-refractivity contribution in [3.8, 4) is 0 Å². The predicted molar refractivity (Wildman–Crippen MR) is 82.3 cm³/mol. The minimum Gasteiger partial charge on any atom is -0.397 e. The smallest absolute Gasteiger partial charge is 0.240 e.